The minimum Gasteiger partial charge on any atom is -0.399 e. The largest absolute Gasteiger partial charge is 0.399 e. The molecule has 4 aromatic rings. The Hall–Kier alpha value is -2.91. The molecule has 0 aliphatic carbocycles. The van der Waals surface area contributed by atoms with Crippen LogP contribution >= 0.6 is 43.5 Å². The lowest BCUT2D eigenvalue weighted by atomic mass is 10.0. The first-order valence-corrected chi connectivity index (χ1v) is 17.2. The fraction of sp³-hybridized carbons (Fsp3) is 0.103. The Bertz CT molecular complexity index is 1830. The second kappa shape index (κ2) is 15.7. The molecule has 0 aliphatic rings. The van der Waals surface area contributed by atoms with Gasteiger partial charge in [-0.3, -0.25) is 9.59 Å². The number of Topliss-reactive ketones (excluding diaryl/α,β-unsaturated/α-hetero) is 1. The number of halogens is 3. The molecular formula is C29H28Br2ClN3O6S2. The van der Waals surface area contributed by atoms with Crippen LogP contribution in [0.5, 0.6) is 0 Å². The molecule has 0 aromatic heterocycles. The first-order valence-electron chi connectivity index (χ1n) is 12.1. The number of benzene rings is 4. The van der Waals surface area contributed by atoms with Crippen molar-refractivity contribution in [3.63, 3.8) is 0 Å². The maximum absolute atomic E-state index is 12.2. The van der Waals surface area contributed by atoms with Crippen LogP contribution in [0.2, 0.25) is 0 Å². The van der Waals surface area contributed by atoms with E-state index in [9.17, 15) is 26.4 Å². The molecule has 4 aromatic carbocycles. The zero-order valence-corrected chi connectivity index (χ0v) is 28.5. The van der Waals surface area contributed by atoms with Gasteiger partial charge in [0.25, 0.3) is 5.24 Å². The van der Waals surface area contributed by atoms with Crippen LogP contribution < -0.4 is 16.0 Å². The maximum Gasteiger partial charge on any atom is 0.252 e. The minimum atomic E-state index is -3.73. The van der Waals surface area contributed by atoms with Gasteiger partial charge in [-0.25, -0.2) is 27.1 Å². The molecule has 9 nitrogen and oxygen atoms in total. The molecule has 0 spiro atoms. The Balaban J connectivity index is 0.000000248. The van der Waals surface area contributed by atoms with Gasteiger partial charge in [-0.05, 0) is 103 Å². The van der Waals surface area contributed by atoms with Gasteiger partial charge in [-0.15, -0.1) is 0 Å². The summed E-state index contributed by atoms with van der Waals surface area (Å²) in [6.07, 6.45) is 0.216. The number of hydrogen-bond donors (Lipinski definition) is 3. The number of rotatable bonds is 6. The summed E-state index contributed by atoms with van der Waals surface area (Å²) in [5.41, 5.74) is 8.96. The van der Waals surface area contributed by atoms with Gasteiger partial charge in [-0.2, -0.15) is 0 Å². The number of anilines is 1. The lowest BCUT2D eigenvalue weighted by Gasteiger charge is -2.07. The molecule has 0 heterocycles. The minimum absolute atomic E-state index is 0.0229. The van der Waals surface area contributed by atoms with Crippen molar-refractivity contribution in [1.29, 1.82) is 0 Å². The number of nitrogens with two attached hydrogens (primary N) is 3. The topological polar surface area (TPSA) is 180 Å². The Morgan fingerprint density at radius 2 is 1.09 bits per heavy atom. The molecule has 0 radical (unpaired) electrons. The molecule has 14 heteroatoms. The van der Waals surface area contributed by atoms with Crippen LogP contribution in [0, 0.1) is 13.8 Å². The van der Waals surface area contributed by atoms with Gasteiger partial charge in [0.05, 0.1) is 9.79 Å². The average Bonchev–Trinajstić information content (AvgIpc) is 2.88. The van der Waals surface area contributed by atoms with Crippen LogP contribution in [-0.2, 0) is 26.5 Å². The van der Waals surface area contributed by atoms with Gasteiger partial charge in [0.2, 0.25) is 20.0 Å². The highest BCUT2D eigenvalue weighted by Crippen LogP contribution is 2.18. The molecule has 0 fully saturated rings. The van der Waals surface area contributed by atoms with Gasteiger partial charge in [0, 0.05) is 32.2 Å². The zero-order valence-electron chi connectivity index (χ0n) is 22.9. The number of carbonyl (C=O) groups excluding carboxylic acids is 2. The molecule has 0 aliphatic heterocycles. The second-order valence-corrected chi connectivity index (χ2v) is 14.3. The fourth-order valence-corrected chi connectivity index (χ4v) is 5.82. The van der Waals surface area contributed by atoms with E-state index in [-0.39, 0.29) is 22.0 Å². The number of hydrogen-bond acceptors (Lipinski definition) is 7. The normalized spacial score (nSPS) is 11.0. The number of aryl methyl sites for hydroxylation is 2. The van der Waals surface area contributed by atoms with Crippen LogP contribution in [0.1, 0.15) is 37.4 Å². The van der Waals surface area contributed by atoms with Crippen molar-refractivity contribution in [2.45, 2.75) is 30.1 Å². The molecule has 4 rings (SSSR count). The summed E-state index contributed by atoms with van der Waals surface area (Å²) in [7, 11) is -7.33. The Kier molecular flexibility index (Phi) is 13.3. The highest BCUT2D eigenvalue weighted by Gasteiger charge is 2.13. The van der Waals surface area contributed by atoms with Crippen molar-refractivity contribution >= 4 is 80.2 Å². The van der Waals surface area contributed by atoms with E-state index in [0.29, 0.717) is 27.9 Å². The summed E-state index contributed by atoms with van der Waals surface area (Å²) in [6.45, 7) is 3.31. The maximum atomic E-state index is 12.2. The highest BCUT2D eigenvalue weighted by atomic mass is 79.9. The van der Waals surface area contributed by atoms with E-state index >= 15 is 0 Å². The van der Waals surface area contributed by atoms with Crippen LogP contribution in [0.25, 0.3) is 0 Å². The van der Waals surface area contributed by atoms with Gasteiger partial charge in [0.1, 0.15) is 0 Å². The Labute approximate surface area is 272 Å². The number of primary sulfonamides is 2. The number of ketones is 1. The number of sulfonamides is 2. The van der Waals surface area contributed by atoms with E-state index in [1.807, 2.05) is 12.1 Å². The van der Waals surface area contributed by atoms with Crippen LogP contribution in [-0.4, -0.2) is 27.9 Å². The van der Waals surface area contributed by atoms with E-state index < -0.39 is 25.3 Å². The van der Waals surface area contributed by atoms with Crippen molar-refractivity contribution in [3.8, 4) is 0 Å². The summed E-state index contributed by atoms with van der Waals surface area (Å²) >= 11 is 11.8. The van der Waals surface area contributed by atoms with Crippen LogP contribution in [0.15, 0.2) is 104 Å². The summed E-state index contributed by atoms with van der Waals surface area (Å²) < 4.78 is 46.3. The van der Waals surface area contributed by atoms with Crippen molar-refractivity contribution in [2.24, 2.45) is 10.3 Å². The van der Waals surface area contributed by atoms with Gasteiger partial charge < -0.3 is 5.73 Å². The average molecular weight is 774 g/mol. The van der Waals surface area contributed by atoms with E-state index in [1.165, 1.54) is 18.2 Å². The van der Waals surface area contributed by atoms with E-state index in [0.717, 1.165) is 14.5 Å². The molecule has 0 saturated carbocycles. The molecule has 43 heavy (non-hydrogen) atoms. The molecule has 0 bridgehead atoms. The third-order valence-electron chi connectivity index (χ3n) is 5.65. The Morgan fingerprint density at radius 1 is 0.674 bits per heavy atom. The second-order valence-electron chi connectivity index (χ2n) is 9.10. The highest BCUT2D eigenvalue weighted by molar-refractivity contribution is 9.10. The predicted octanol–water partition coefficient (Wildman–Crippen LogP) is 5.88. The number of nitrogen functional groups attached to an aromatic ring is 1. The molecule has 228 valence electrons. The lowest BCUT2D eigenvalue weighted by Crippen LogP contribution is -2.14. The fourth-order valence-electron chi connectivity index (χ4n) is 3.64. The van der Waals surface area contributed by atoms with E-state index in [2.05, 4.69) is 31.9 Å². The van der Waals surface area contributed by atoms with Crippen molar-refractivity contribution < 1.29 is 26.4 Å². The van der Waals surface area contributed by atoms with Crippen molar-refractivity contribution in [1.82, 2.24) is 0 Å². The summed E-state index contributed by atoms with van der Waals surface area (Å²) in [5.74, 6) is -0.0229. The molecule has 0 saturated heterocycles. The van der Waals surface area contributed by atoms with E-state index in [4.69, 9.17) is 27.6 Å². The molecular weight excluding hydrogens is 746 g/mol. The molecule has 0 atom stereocenters. The van der Waals surface area contributed by atoms with Crippen molar-refractivity contribution in [3.05, 3.63) is 122 Å². The van der Waals surface area contributed by atoms with Crippen LogP contribution in [0.3, 0.4) is 0 Å². The molecule has 0 unspecified atom stereocenters. The standard InChI is InChI=1S/C15H14BrNO3S.C7H4BrClO.C7H10N2O2S/c1-10-8-11(2-7-15(10)21(17,19)20)9-14(18)12-3-5-13(16)6-4-12;8-6-3-1-5(2-4-6)7(9)10;1-5-4-6(8)2-3-7(5)12(9,10)11/h2-8H,9H2,1H3,(H2,17,19,20);1-4H;2-4H,8H2,1H3,(H2,9,10,11). The molecule has 6 N–H and O–H groups in total. The Morgan fingerprint density at radius 3 is 1.49 bits per heavy atom. The summed E-state index contributed by atoms with van der Waals surface area (Å²) in [4.78, 5) is 22.9. The SMILES string of the molecule is Cc1cc(CC(=O)c2ccc(Br)cc2)ccc1S(N)(=O)=O.Cc1cc(N)ccc1S(N)(=O)=O.O=C(Cl)c1ccc(Br)cc1. The van der Waals surface area contributed by atoms with Gasteiger partial charge >= 0.3 is 0 Å². The first-order chi connectivity index (χ1) is 19.9. The van der Waals surface area contributed by atoms with Crippen molar-refractivity contribution in [2.75, 3.05) is 5.73 Å². The summed E-state index contributed by atoms with van der Waals surface area (Å²) in [6, 6.07) is 23.2. The first kappa shape index (κ1) is 36.3. The van der Waals surface area contributed by atoms with Crippen LogP contribution in [0.4, 0.5) is 5.69 Å². The van der Waals surface area contributed by atoms with Gasteiger partial charge in [-0.1, -0.05) is 56.1 Å². The zero-order chi connectivity index (χ0) is 32.5. The number of carbonyl (C=O) groups is 2. The third kappa shape index (κ3) is 11.9. The van der Waals surface area contributed by atoms with E-state index in [1.54, 1.807) is 68.4 Å². The lowest BCUT2D eigenvalue weighted by molar-refractivity contribution is 0.0992. The smallest absolute Gasteiger partial charge is 0.252 e. The summed E-state index contributed by atoms with van der Waals surface area (Å²) in [5, 5.41) is 9.63. The quantitative estimate of drug-likeness (QED) is 0.124. The van der Waals surface area contributed by atoms with Gasteiger partial charge in [0.15, 0.2) is 5.78 Å². The third-order valence-corrected chi connectivity index (χ3v) is 9.07. The monoisotopic (exact) mass is 771 g/mol. The predicted molar refractivity (Wildman–Crippen MR) is 176 cm³/mol. The molecule has 0 amide bonds.